The summed E-state index contributed by atoms with van der Waals surface area (Å²) in [6.45, 7) is 6.87. The molecule has 186 valence electrons. The van der Waals surface area contributed by atoms with Gasteiger partial charge < -0.3 is 25.3 Å². The van der Waals surface area contributed by atoms with Gasteiger partial charge in [-0.1, -0.05) is 18.2 Å². The fourth-order valence-corrected chi connectivity index (χ4v) is 5.33. The van der Waals surface area contributed by atoms with Crippen LogP contribution >= 0.6 is 0 Å². The van der Waals surface area contributed by atoms with Gasteiger partial charge in [0.1, 0.15) is 11.6 Å². The highest BCUT2D eigenvalue weighted by Gasteiger charge is 2.26. The molecule has 0 bridgehead atoms. The molecule has 2 aromatic carbocycles. The van der Waals surface area contributed by atoms with Gasteiger partial charge in [0, 0.05) is 50.4 Å². The van der Waals surface area contributed by atoms with Crippen LogP contribution in [0.3, 0.4) is 0 Å². The van der Waals surface area contributed by atoms with Crippen LogP contribution < -0.4 is 25.9 Å². The minimum absolute atomic E-state index is 0.130. The molecule has 3 N–H and O–H groups in total. The zero-order valence-electron chi connectivity index (χ0n) is 20.7. The van der Waals surface area contributed by atoms with E-state index in [1.54, 1.807) is 0 Å². The molecule has 1 fully saturated rings. The predicted octanol–water partition coefficient (Wildman–Crippen LogP) is 2.39. The Morgan fingerprint density at radius 3 is 2.47 bits per heavy atom. The average molecular weight is 486 g/mol. The van der Waals surface area contributed by atoms with E-state index in [9.17, 15) is 4.79 Å². The van der Waals surface area contributed by atoms with Gasteiger partial charge in [-0.05, 0) is 60.8 Å². The van der Waals surface area contributed by atoms with E-state index in [-0.39, 0.29) is 11.9 Å². The van der Waals surface area contributed by atoms with E-state index >= 15 is 0 Å². The third-order valence-corrected chi connectivity index (χ3v) is 7.45. The summed E-state index contributed by atoms with van der Waals surface area (Å²) in [7, 11) is 2.15. The number of amides is 1. The van der Waals surface area contributed by atoms with E-state index < -0.39 is 0 Å². The van der Waals surface area contributed by atoms with Gasteiger partial charge in [-0.15, -0.1) is 0 Å². The lowest BCUT2D eigenvalue weighted by Gasteiger charge is -2.37. The van der Waals surface area contributed by atoms with Crippen molar-refractivity contribution in [3.05, 3.63) is 59.2 Å². The lowest BCUT2D eigenvalue weighted by molar-refractivity contribution is -0.128. The Kier molecular flexibility index (Phi) is 5.64. The standard InChI is InChI=1S/C27H31N7O2/c1-17-11-18-3-4-19(20-5-6-23-21(12-20)14-26(35)31-36-23)13-22(18)16-34(17)25-15-24(29-27(28)30-25)33-9-7-32(2)8-10-33/h3-6,12-13,15,17H,7-11,14,16H2,1-2H3,(H,31,35)(H2,28,29,30). The maximum atomic E-state index is 11.8. The van der Waals surface area contributed by atoms with Gasteiger partial charge >= 0.3 is 0 Å². The van der Waals surface area contributed by atoms with Gasteiger partial charge in [-0.3, -0.25) is 4.79 Å². The van der Waals surface area contributed by atoms with E-state index in [0.29, 0.717) is 18.1 Å². The maximum Gasteiger partial charge on any atom is 0.257 e. The minimum atomic E-state index is -0.130. The minimum Gasteiger partial charge on any atom is -0.379 e. The first-order chi connectivity index (χ1) is 17.4. The molecule has 1 atom stereocenters. The molecule has 4 heterocycles. The fourth-order valence-electron chi connectivity index (χ4n) is 5.33. The molecular formula is C27H31N7O2. The number of nitrogens with zero attached hydrogens (tertiary/aromatic N) is 5. The summed E-state index contributed by atoms with van der Waals surface area (Å²) in [5.74, 6) is 2.66. The van der Waals surface area contributed by atoms with Crippen LogP contribution in [0.5, 0.6) is 5.75 Å². The molecule has 6 rings (SSSR count). The fraction of sp³-hybridized carbons (Fsp3) is 0.370. The molecule has 1 saturated heterocycles. The van der Waals surface area contributed by atoms with E-state index in [4.69, 9.17) is 10.6 Å². The Balaban J connectivity index is 1.28. The van der Waals surface area contributed by atoms with Gasteiger partial charge in [0.05, 0.1) is 6.42 Å². The van der Waals surface area contributed by atoms with Crippen LogP contribution in [0.4, 0.5) is 17.6 Å². The van der Waals surface area contributed by atoms with Gasteiger partial charge in [0.25, 0.3) is 5.91 Å². The van der Waals surface area contributed by atoms with E-state index in [1.165, 1.54) is 11.1 Å². The van der Waals surface area contributed by atoms with Crippen molar-refractivity contribution in [1.82, 2.24) is 20.3 Å². The Bertz CT molecular complexity index is 1320. The third-order valence-electron chi connectivity index (χ3n) is 7.45. The number of aromatic nitrogens is 2. The van der Waals surface area contributed by atoms with Crippen molar-refractivity contribution in [3.63, 3.8) is 0 Å². The topological polar surface area (TPSA) is 99.9 Å². The summed E-state index contributed by atoms with van der Waals surface area (Å²) >= 11 is 0. The van der Waals surface area contributed by atoms with Gasteiger partial charge in [0.15, 0.2) is 5.75 Å². The molecule has 1 amide bonds. The van der Waals surface area contributed by atoms with Gasteiger partial charge in [-0.25, -0.2) is 0 Å². The number of rotatable bonds is 3. The molecule has 9 heteroatoms. The van der Waals surface area contributed by atoms with E-state index in [2.05, 4.69) is 68.4 Å². The number of nitrogens with one attached hydrogen (secondary N) is 1. The van der Waals surface area contributed by atoms with Gasteiger partial charge in [0.2, 0.25) is 5.95 Å². The normalized spacial score (nSPS) is 19.8. The summed E-state index contributed by atoms with van der Waals surface area (Å²) in [6, 6.07) is 15.0. The SMILES string of the molecule is CC1Cc2ccc(-c3ccc4c(c3)CC(=O)NO4)cc2CN1c1cc(N2CCN(C)CC2)nc(N)n1. The number of anilines is 3. The molecule has 3 aromatic rings. The first kappa shape index (κ1) is 22.6. The highest BCUT2D eigenvalue weighted by molar-refractivity contribution is 5.81. The molecule has 3 aliphatic rings. The number of hydrogen-bond acceptors (Lipinski definition) is 8. The first-order valence-corrected chi connectivity index (χ1v) is 12.5. The highest BCUT2D eigenvalue weighted by Crippen LogP contribution is 2.34. The van der Waals surface area contributed by atoms with Crippen molar-refractivity contribution in [2.24, 2.45) is 0 Å². The van der Waals surface area contributed by atoms with Crippen LogP contribution in [-0.2, 0) is 24.2 Å². The summed E-state index contributed by atoms with van der Waals surface area (Å²) in [4.78, 5) is 33.2. The van der Waals surface area contributed by atoms with Crippen LogP contribution in [0, 0.1) is 0 Å². The Hall–Kier alpha value is -3.85. The van der Waals surface area contributed by atoms with Crippen LogP contribution in [0.15, 0.2) is 42.5 Å². The number of fused-ring (bicyclic) bond motifs is 2. The number of piperazine rings is 1. The summed E-state index contributed by atoms with van der Waals surface area (Å²) in [6.07, 6.45) is 1.26. The quantitative estimate of drug-likeness (QED) is 0.584. The smallest absolute Gasteiger partial charge is 0.257 e. The molecular weight excluding hydrogens is 454 g/mol. The second-order valence-electron chi connectivity index (χ2n) is 10.0. The Morgan fingerprint density at radius 1 is 0.944 bits per heavy atom. The van der Waals surface area contributed by atoms with Crippen LogP contribution in [0.25, 0.3) is 11.1 Å². The Labute approximate surface area is 210 Å². The van der Waals surface area contributed by atoms with E-state index in [1.807, 2.05) is 18.2 Å². The molecule has 3 aliphatic heterocycles. The lowest BCUT2D eigenvalue weighted by Crippen LogP contribution is -2.45. The van der Waals surface area contributed by atoms with E-state index in [0.717, 1.165) is 67.5 Å². The van der Waals surface area contributed by atoms with Crippen LogP contribution in [0.2, 0.25) is 0 Å². The predicted molar refractivity (Wildman–Crippen MR) is 140 cm³/mol. The monoisotopic (exact) mass is 485 g/mol. The number of hydroxylamine groups is 1. The molecule has 1 unspecified atom stereocenters. The zero-order valence-corrected chi connectivity index (χ0v) is 20.7. The first-order valence-electron chi connectivity index (χ1n) is 12.5. The highest BCUT2D eigenvalue weighted by atomic mass is 16.7. The van der Waals surface area contributed by atoms with Crippen molar-refractivity contribution >= 4 is 23.5 Å². The molecule has 9 nitrogen and oxygen atoms in total. The zero-order chi connectivity index (χ0) is 24.8. The maximum absolute atomic E-state index is 11.8. The number of benzene rings is 2. The molecule has 36 heavy (non-hydrogen) atoms. The number of nitrogens with two attached hydrogens (primary N) is 1. The number of carbonyl (C=O) groups is 1. The number of hydrogen-bond donors (Lipinski definition) is 2. The number of carbonyl (C=O) groups excluding carboxylic acids is 1. The molecule has 0 spiro atoms. The molecule has 0 aliphatic carbocycles. The third kappa shape index (κ3) is 4.30. The van der Waals surface area contributed by atoms with Crippen molar-refractivity contribution in [2.45, 2.75) is 32.4 Å². The van der Waals surface area contributed by atoms with Crippen molar-refractivity contribution in [2.75, 3.05) is 48.8 Å². The largest absolute Gasteiger partial charge is 0.379 e. The number of nitrogen functional groups attached to an aromatic ring is 1. The molecule has 1 aromatic heterocycles. The van der Waals surface area contributed by atoms with Crippen molar-refractivity contribution in [1.29, 1.82) is 0 Å². The number of likely N-dealkylation sites (N-methyl/N-ethyl adjacent to an activating group) is 1. The second kappa shape index (κ2) is 8.98. The van der Waals surface area contributed by atoms with Crippen LogP contribution in [-0.4, -0.2) is 60.0 Å². The van der Waals surface area contributed by atoms with Crippen molar-refractivity contribution < 1.29 is 9.63 Å². The summed E-state index contributed by atoms with van der Waals surface area (Å²) in [5.41, 5.74) is 14.3. The summed E-state index contributed by atoms with van der Waals surface area (Å²) < 4.78 is 0. The Morgan fingerprint density at radius 2 is 1.67 bits per heavy atom. The lowest BCUT2D eigenvalue weighted by atomic mass is 9.91. The molecule has 0 saturated carbocycles. The molecule has 0 radical (unpaired) electrons. The average Bonchev–Trinajstić information content (AvgIpc) is 2.87. The van der Waals surface area contributed by atoms with Crippen molar-refractivity contribution in [3.8, 4) is 16.9 Å². The summed E-state index contributed by atoms with van der Waals surface area (Å²) in [5, 5.41) is 0. The van der Waals surface area contributed by atoms with Gasteiger partial charge in [-0.2, -0.15) is 15.4 Å². The van der Waals surface area contributed by atoms with Crippen LogP contribution in [0.1, 0.15) is 23.6 Å². The second-order valence-corrected chi connectivity index (χ2v) is 10.0.